The minimum absolute atomic E-state index is 0.0181. The van der Waals surface area contributed by atoms with Gasteiger partial charge < -0.3 is 15.2 Å². The molecule has 4 nitrogen and oxygen atoms in total. The second-order valence-corrected chi connectivity index (χ2v) is 5.58. The quantitative estimate of drug-likeness (QED) is 0.826. The molecule has 2 aromatic rings. The summed E-state index contributed by atoms with van der Waals surface area (Å²) in [4.78, 5) is 13.1. The van der Waals surface area contributed by atoms with Gasteiger partial charge in [0.1, 0.15) is 0 Å². The molecule has 112 valence electrons. The van der Waals surface area contributed by atoms with Crippen LogP contribution in [0.5, 0.6) is 0 Å². The predicted octanol–water partition coefficient (Wildman–Crippen LogP) is 2.54. The van der Waals surface area contributed by atoms with Crippen molar-refractivity contribution in [1.82, 2.24) is 5.32 Å². The molecular weight excluding hydrogens is 286 g/mol. The van der Waals surface area contributed by atoms with E-state index in [4.69, 9.17) is 9.84 Å². The maximum Gasteiger partial charge on any atom is 0.262 e. The third-order valence-corrected chi connectivity index (χ3v) is 4.05. The van der Waals surface area contributed by atoms with E-state index in [9.17, 15) is 4.79 Å². The van der Waals surface area contributed by atoms with Gasteiger partial charge in [0, 0.05) is 19.3 Å². The first-order chi connectivity index (χ1) is 10.3. The van der Waals surface area contributed by atoms with E-state index < -0.39 is 0 Å². The fourth-order valence-corrected chi connectivity index (χ4v) is 2.95. The number of nitrogens with one attached hydrogen (secondary N) is 1. The summed E-state index contributed by atoms with van der Waals surface area (Å²) >= 11 is 1.42. The van der Waals surface area contributed by atoms with Crippen LogP contribution in [-0.2, 0) is 4.74 Å². The van der Waals surface area contributed by atoms with Crippen molar-refractivity contribution in [2.24, 2.45) is 0 Å². The second kappa shape index (κ2) is 7.93. The first kappa shape index (κ1) is 15.7. The highest BCUT2D eigenvalue weighted by molar-refractivity contribution is 7.12. The van der Waals surface area contributed by atoms with Crippen LogP contribution in [0, 0.1) is 0 Å². The molecule has 1 aromatic carbocycles. The topological polar surface area (TPSA) is 58.6 Å². The van der Waals surface area contributed by atoms with Crippen LogP contribution in [0.4, 0.5) is 0 Å². The zero-order valence-corrected chi connectivity index (χ0v) is 12.7. The van der Waals surface area contributed by atoms with Crippen LogP contribution < -0.4 is 5.32 Å². The molecule has 1 amide bonds. The number of benzene rings is 1. The molecule has 21 heavy (non-hydrogen) atoms. The maximum absolute atomic E-state index is 12.4. The second-order valence-electron chi connectivity index (χ2n) is 4.67. The molecular formula is C16H19NO3S. The summed E-state index contributed by atoms with van der Waals surface area (Å²) < 4.78 is 5.07. The van der Waals surface area contributed by atoms with Gasteiger partial charge in [0.25, 0.3) is 5.91 Å². The Kier molecular flexibility index (Phi) is 5.92. The van der Waals surface area contributed by atoms with Gasteiger partial charge in [0.15, 0.2) is 0 Å². The third kappa shape index (κ3) is 4.14. The Bertz CT molecular complexity index is 562. The summed E-state index contributed by atoms with van der Waals surface area (Å²) in [6.07, 6.45) is 0.478. The molecule has 2 N–H and O–H groups in total. The van der Waals surface area contributed by atoms with E-state index in [-0.39, 0.29) is 18.6 Å². The van der Waals surface area contributed by atoms with Gasteiger partial charge in [-0.05, 0) is 23.4 Å². The highest BCUT2D eigenvalue weighted by Crippen LogP contribution is 2.28. The molecule has 1 heterocycles. The summed E-state index contributed by atoms with van der Waals surface area (Å²) in [7, 11) is 1.58. The van der Waals surface area contributed by atoms with Crippen LogP contribution in [0.25, 0.3) is 11.1 Å². The van der Waals surface area contributed by atoms with Gasteiger partial charge in [0.05, 0.1) is 17.5 Å². The van der Waals surface area contributed by atoms with E-state index in [1.54, 1.807) is 7.11 Å². The number of rotatable bonds is 7. The molecule has 1 aromatic heterocycles. The van der Waals surface area contributed by atoms with Crippen molar-refractivity contribution in [3.8, 4) is 11.1 Å². The number of hydrogen-bond acceptors (Lipinski definition) is 4. The number of carbonyl (C=O) groups is 1. The maximum atomic E-state index is 12.4. The van der Waals surface area contributed by atoms with Crippen molar-refractivity contribution in [2.75, 3.05) is 20.3 Å². The number of methoxy groups -OCH3 is 1. The Morgan fingerprint density at radius 1 is 1.33 bits per heavy atom. The minimum Gasteiger partial charge on any atom is -0.396 e. The Balaban J connectivity index is 2.15. The third-order valence-electron chi connectivity index (χ3n) is 3.14. The fourth-order valence-electron chi connectivity index (χ4n) is 2.14. The zero-order chi connectivity index (χ0) is 15.1. The van der Waals surface area contributed by atoms with Gasteiger partial charge in [0.2, 0.25) is 0 Å². The van der Waals surface area contributed by atoms with Crippen LogP contribution in [-0.4, -0.2) is 37.4 Å². The standard InChI is InChI=1S/C16H19NO3S/c1-20-11-13(7-9-18)17-16(19)15-14(8-10-21-15)12-5-3-2-4-6-12/h2-6,8,10,13,18H,7,9,11H2,1H3,(H,17,19). The largest absolute Gasteiger partial charge is 0.396 e. The number of hydrogen-bond donors (Lipinski definition) is 2. The van der Waals surface area contributed by atoms with Gasteiger partial charge in [-0.1, -0.05) is 30.3 Å². The molecule has 5 heteroatoms. The van der Waals surface area contributed by atoms with E-state index in [1.165, 1.54) is 11.3 Å². The van der Waals surface area contributed by atoms with E-state index >= 15 is 0 Å². The Hall–Kier alpha value is -1.69. The molecule has 0 fully saturated rings. The highest BCUT2D eigenvalue weighted by Gasteiger charge is 2.18. The average Bonchev–Trinajstić information content (AvgIpc) is 2.98. The molecule has 0 bridgehead atoms. The van der Waals surface area contributed by atoms with Crippen LogP contribution in [0.15, 0.2) is 41.8 Å². The van der Waals surface area contributed by atoms with Crippen molar-refractivity contribution >= 4 is 17.2 Å². The summed E-state index contributed by atoms with van der Waals surface area (Å²) in [6, 6.07) is 11.6. The smallest absolute Gasteiger partial charge is 0.262 e. The van der Waals surface area contributed by atoms with Crippen molar-refractivity contribution in [1.29, 1.82) is 0 Å². The first-order valence-corrected chi connectivity index (χ1v) is 7.67. The van der Waals surface area contributed by atoms with Gasteiger partial charge in [-0.2, -0.15) is 0 Å². The molecule has 0 radical (unpaired) electrons. The lowest BCUT2D eigenvalue weighted by Gasteiger charge is -2.16. The van der Waals surface area contributed by atoms with Gasteiger partial charge >= 0.3 is 0 Å². The normalized spacial score (nSPS) is 12.1. The number of thiophene rings is 1. The summed E-state index contributed by atoms with van der Waals surface area (Å²) in [6.45, 7) is 0.405. The lowest BCUT2D eigenvalue weighted by atomic mass is 10.1. The molecule has 0 aliphatic carbocycles. The Labute approximate surface area is 128 Å². The van der Waals surface area contributed by atoms with Crippen molar-refractivity contribution in [3.05, 3.63) is 46.7 Å². The number of amides is 1. The summed E-state index contributed by atoms with van der Waals surface area (Å²) in [5.74, 6) is -0.126. The minimum atomic E-state index is -0.182. The molecule has 0 saturated carbocycles. The zero-order valence-electron chi connectivity index (χ0n) is 11.9. The Morgan fingerprint density at radius 2 is 2.10 bits per heavy atom. The van der Waals surface area contributed by atoms with Crippen LogP contribution in [0.1, 0.15) is 16.1 Å². The highest BCUT2D eigenvalue weighted by atomic mass is 32.1. The van der Waals surface area contributed by atoms with Crippen molar-refractivity contribution < 1.29 is 14.6 Å². The predicted molar refractivity (Wildman–Crippen MR) is 84.6 cm³/mol. The number of aliphatic hydroxyl groups is 1. The van der Waals surface area contributed by atoms with E-state index in [0.717, 1.165) is 11.1 Å². The van der Waals surface area contributed by atoms with Crippen LogP contribution >= 0.6 is 11.3 Å². The van der Waals surface area contributed by atoms with E-state index in [0.29, 0.717) is 17.9 Å². The summed E-state index contributed by atoms with van der Waals surface area (Å²) in [5, 5.41) is 13.9. The number of ether oxygens (including phenoxy) is 1. The molecule has 0 aliphatic rings. The number of carbonyl (C=O) groups excluding carboxylic acids is 1. The van der Waals surface area contributed by atoms with Gasteiger partial charge in [-0.15, -0.1) is 11.3 Å². The first-order valence-electron chi connectivity index (χ1n) is 6.79. The molecule has 2 rings (SSSR count). The molecule has 0 saturated heterocycles. The lowest BCUT2D eigenvalue weighted by Crippen LogP contribution is -2.38. The van der Waals surface area contributed by atoms with Crippen molar-refractivity contribution in [2.45, 2.75) is 12.5 Å². The fraction of sp³-hybridized carbons (Fsp3) is 0.312. The monoisotopic (exact) mass is 305 g/mol. The van der Waals surface area contributed by atoms with Crippen LogP contribution in [0.2, 0.25) is 0 Å². The molecule has 1 unspecified atom stereocenters. The molecule has 0 spiro atoms. The lowest BCUT2D eigenvalue weighted by molar-refractivity contribution is 0.0883. The van der Waals surface area contributed by atoms with Gasteiger partial charge in [-0.25, -0.2) is 0 Å². The van der Waals surface area contributed by atoms with E-state index in [1.807, 2.05) is 41.8 Å². The van der Waals surface area contributed by atoms with E-state index in [2.05, 4.69) is 5.32 Å². The summed E-state index contributed by atoms with van der Waals surface area (Å²) in [5.41, 5.74) is 1.95. The van der Waals surface area contributed by atoms with Crippen molar-refractivity contribution in [3.63, 3.8) is 0 Å². The molecule has 0 aliphatic heterocycles. The average molecular weight is 305 g/mol. The molecule has 1 atom stereocenters. The van der Waals surface area contributed by atoms with Gasteiger partial charge in [-0.3, -0.25) is 4.79 Å². The number of aliphatic hydroxyl groups excluding tert-OH is 1. The van der Waals surface area contributed by atoms with Crippen LogP contribution in [0.3, 0.4) is 0 Å². The SMILES string of the molecule is COCC(CCO)NC(=O)c1sccc1-c1ccccc1. The Morgan fingerprint density at radius 3 is 2.76 bits per heavy atom.